The summed E-state index contributed by atoms with van der Waals surface area (Å²) in [5.41, 5.74) is 0. The van der Waals surface area contributed by atoms with Crippen LogP contribution < -0.4 is 4.74 Å². The Bertz CT molecular complexity index is 489. The van der Waals surface area contributed by atoms with E-state index in [1.54, 1.807) is 12.1 Å². The van der Waals surface area contributed by atoms with Gasteiger partial charge in [0.1, 0.15) is 11.5 Å². The first kappa shape index (κ1) is 14.4. The fraction of sp³-hybridized carbons (Fsp3) is 0.375. The van der Waals surface area contributed by atoms with Crippen LogP contribution >= 0.6 is 0 Å². The molecule has 0 saturated carbocycles. The van der Waals surface area contributed by atoms with Crippen molar-refractivity contribution in [1.82, 2.24) is 0 Å². The second-order valence-electron chi connectivity index (χ2n) is 4.57. The molecule has 98 valence electrons. The summed E-state index contributed by atoms with van der Waals surface area (Å²) in [4.78, 5) is 0. The van der Waals surface area contributed by atoms with Crippen LogP contribution in [0.2, 0.25) is 0 Å². The van der Waals surface area contributed by atoms with Crippen molar-refractivity contribution in [2.75, 3.05) is 0 Å². The average Bonchev–Trinajstić information content (AvgIpc) is 2.29. The van der Waals surface area contributed by atoms with Gasteiger partial charge in [0.2, 0.25) is 0 Å². The highest BCUT2D eigenvalue weighted by molar-refractivity contribution is 5.85. The number of ether oxygens (including phenoxy) is 1. The summed E-state index contributed by atoms with van der Waals surface area (Å²) in [5.74, 6) is 1.16. The highest BCUT2D eigenvalue weighted by Crippen LogP contribution is 2.24. The largest absolute Gasteiger partial charge is 0.508 e. The topological polar surface area (TPSA) is 29.5 Å². The summed E-state index contributed by atoms with van der Waals surface area (Å²) in [6.45, 7) is 8.25. The molecule has 0 amide bonds. The third kappa shape index (κ3) is 4.28. The van der Waals surface area contributed by atoms with Gasteiger partial charge < -0.3 is 9.84 Å². The average molecular weight is 246 g/mol. The van der Waals surface area contributed by atoms with Gasteiger partial charge >= 0.3 is 0 Å². The zero-order valence-electron chi connectivity index (χ0n) is 11.6. The molecular weight excluding hydrogens is 224 g/mol. The number of hydrogen-bond donors (Lipinski definition) is 1. The van der Waals surface area contributed by atoms with E-state index in [-0.39, 0.29) is 6.10 Å². The van der Waals surface area contributed by atoms with Crippen LogP contribution in [-0.4, -0.2) is 11.2 Å². The number of benzene rings is 2. The molecule has 0 unspecified atom stereocenters. The third-order valence-corrected chi connectivity index (χ3v) is 2.17. The molecular formula is C16H22O2. The van der Waals surface area contributed by atoms with Crippen LogP contribution in [0.5, 0.6) is 11.5 Å². The van der Waals surface area contributed by atoms with E-state index in [0.29, 0.717) is 5.75 Å². The third-order valence-electron chi connectivity index (χ3n) is 2.17. The van der Waals surface area contributed by atoms with Crippen molar-refractivity contribution in [3.05, 3.63) is 36.4 Å². The van der Waals surface area contributed by atoms with Crippen molar-refractivity contribution >= 4 is 10.8 Å². The molecule has 0 bridgehead atoms. The van der Waals surface area contributed by atoms with Gasteiger partial charge in [-0.05, 0) is 48.9 Å². The molecule has 0 aliphatic carbocycles. The Morgan fingerprint density at radius 1 is 1.00 bits per heavy atom. The Labute approximate surface area is 109 Å². The van der Waals surface area contributed by atoms with Crippen LogP contribution in [-0.2, 0) is 0 Å². The number of hydrogen-bond acceptors (Lipinski definition) is 2. The van der Waals surface area contributed by atoms with Gasteiger partial charge in [-0.2, -0.15) is 0 Å². The predicted octanol–water partition coefficient (Wildman–Crippen LogP) is 4.75. The molecule has 2 aromatic carbocycles. The molecule has 0 saturated heterocycles. The van der Waals surface area contributed by atoms with E-state index >= 15 is 0 Å². The normalized spacial score (nSPS) is 10.1. The van der Waals surface area contributed by atoms with Crippen molar-refractivity contribution < 1.29 is 9.84 Å². The lowest BCUT2D eigenvalue weighted by Crippen LogP contribution is -2.05. The smallest absolute Gasteiger partial charge is 0.120 e. The van der Waals surface area contributed by atoms with E-state index in [1.807, 2.05) is 38.1 Å². The van der Waals surface area contributed by atoms with Crippen molar-refractivity contribution in [3.63, 3.8) is 0 Å². The van der Waals surface area contributed by atoms with Gasteiger partial charge in [0.05, 0.1) is 6.10 Å². The van der Waals surface area contributed by atoms with Gasteiger partial charge in [0.25, 0.3) is 0 Å². The molecule has 2 aromatic rings. The van der Waals surface area contributed by atoms with E-state index in [4.69, 9.17) is 4.74 Å². The lowest BCUT2D eigenvalue weighted by Gasteiger charge is -2.10. The summed E-state index contributed by atoms with van der Waals surface area (Å²) < 4.78 is 5.59. The first-order valence-corrected chi connectivity index (χ1v) is 6.46. The minimum Gasteiger partial charge on any atom is -0.508 e. The lowest BCUT2D eigenvalue weighted by atomic mass is 10.1. The molecule has 0 aliphatic rings. The molecule has 2 nitrogen and oxygen atoms in total. The van der Waals surface area contributed by atoms with E-state index in [1.165, 1.54) is 6.42 Å². The molecule has 0 fully saturated rings. The van der Waals surface area contributed by atoms with Crippen molar-refractivity contribution in [1.29, 1.82) is 0 Å². The Balaban J connectivity index is 0.000000492. The SMILES string of the molecule is CC(C)Oc1ccc2cc(O)ccc2c1.CCC. The van der Waals surface area contributed by atoms with E-state index < -0.39 is 0 Å². The first-order chi connectivity index (χ1) is 8.56. The maximum Gasteiger partial charge on any atom is 0.120 e. The molecule has 0 spiro atoms. The first-order valence-electron chi connectivity index (χ1n) is 6.46. The van der Waals surface area contributed by atoms with Crippen LogP contribution in [0.4, 0.5) is 0 Å². The zero-order chi connectivity index (χ0) is 13.5. The maximum atomic E-state index is 9.31. The highest BCUT2D eigenvalue weighted by Gasteiger charge is 2.00. The van der Waals surface area contributed by atoms with Crippen LogP contribution in [0.1, 0.15) is 34.1 Å². The minimum absolute atomic E-state index is 0.180. The number of fused-ring (bicyclic) bond motifs is 1. The number of aromatic hydroxyl groups is 1. The minimum atomic E-state index is 0.180. The van der Waals surface area contributed by atoms with Crippen molar-refractivity contribution in [2.45, 2.75) is 40.2 Å². The van der Waals surface area contributed by atoms with Gasteiger partial charge in [-0.1, -0.05) is 32.4 Å². The molecule has 0 heterocycles. The van der Waals surface area contributed by atoms with Gasteiger partial charge in [0.15, 0.2) is 0 Å². The van der Waals surface area contributed by atoms with Gasteiger partial charge in [0, 0.05) is 0 Å². The van der Waals surface area contributed by atoms with Gasteiger partial charge in [-0.3, -0.25) is 0 Å². The molecule has 1 N–H and O–H groups in total. The fourth-order valence-corrected chi connectivity index (χ4v) is 1.56. The molecule has 0 radical (unpaired) electrons. The van der Waals surface area contributed by atoms with Gasteiger partial charge in [-0.15, -0.1) is 0 Å². The fourth-order valence-electron chi connectivity index (χ4n) is 1.56. The second-order valence-corrected chi connectivity index (χ2v) is 4.57. The van der Waals surface area contributed by atoms with Crippen molar-refractivity contribution in [3.8, 4) is 11.5 Å². The summed E-state index contributed by atoms with van der Waals surface area (Å²) >= 11 is 0. The summed E-state index contributed by atoms with van der Waals surface area (Å²) in [7, 11) is 0. The van der Waals surface area contributed by atoms with E-state index in [9.17, 15) is 5.11 Å². The highest BCUT2D eigenvalue weighted by atomic mass is 16.5. The zero-order valence-corrected chi connectivity index (χ0v) is 11.6. The maximum absolute atomic E-state index is 9.31. The van der Waals surface area contributed by atoms with Gasteiger partial charge in [-0.25, -0.2) is 0 Å². The quantitative estimate of drug-likeness (QED) is 0.828. The lowest BCUT2D eigenvalue weighted by molar-refractivity contribution is 0.243. The van der Waals surface area contributed by atoms with Crippen LogP contribution in [0.25, 0.3) is 10.8 Å². The van der Waals surface area contributed by atoms with Crippen LogP contribution in [0, 0.1) is 0 Å². The summed E-state index contributed by atoms with van der Waals surface area (Å²) in [6.07, 6.45) is 1.43. The standard InChI is InChI=1S/C13H14O2.C3H8/c1-9(2)15-13-6-4-10-7-12(14)5-3-11(10)8-13;1-3-2/h3-9,14H,1-2H3;3H2,1-2H3. The second kappa shape index (κ2) is 6.90. The molecule has 2 rings (SSSR count). The Morgan fingerprint density at radius 3 is 2.17 bits per heavy atom. The predicted molar refractivity (Wildman–Crippen MR) is 77.3 cm³/mol. The number of phenolic OH excluding ortho intramolecular Hbond substituents is 1. The van der Waals surface area contributed by atoms with E-state index in [2.05, 4.69) is 13.8 Å². The Hall–Kier alpha value is -1.70. The molecule has 0 aromatic heterocycles. The molecule has 18 heavy (non-hydrogen) atoms. The van der Waals surface area contributed by atoms with Crippen molar-refractivity contribution in [2.24, 2.45) is 0 Å². The summed E-state index contributed by atoms with van der Waals surface area (Å²) in [6, 6.07) is 11.2. The number of phenols is 1. The monoisotopic (exact) mass is 246 g/mol. The van der Waals surface area contributed by atoms with Crippen LogP contribution in [0.15, 0.2) is 36.4 Å². The molecule has 0 aliphatic heterocycles. The number of rotatable bonds is 2. The molecule has 2 heteroatoms. The summed E-state index contributed by atoms with van der Waals surface area (Å²) in [5, 5.41) is 11.4. The molecule has 0 atom stereocenters. The Morgan fingerprint density at radius 2 is 1.56 bits per heavy atom. The Kier molecular flexibility index (Phi) is 5.50. The van der Waals surface area contributed by atoms with E-state index in [0.717, 1.165) is 16.5 Å². The van der Waals surface area contributed by atoms with Crippen LogP contribution in [0.3, 0.4) is 0 Å².